The van der Waals surface area contributed by atoms with Crippen LogP contribution in [0, 0.1) is 0 Å². The summed E-state index contributed by atoms with van der Waals surface area (Å²) in [5.41, 5.74) is 1.31. The zero-order chi connectivity index (χ0) is 24.2. The van der Waals surface area contributed by atoms with Crippen LogP contribution >= 0.6 is 0 Å². The molecule has 0 aliphatic carbocycles. The third-order valence-electron chi connectivity index (χ3n) is 5.46. The van der Waals surface area contributed by atoms with Crippen molar-refractivity contribution >= 4 is 22.8 Å². The second-order valence-electron chi connectivity index (χ2n) is 7.95. The van der Waals surface area contributed by atoms with E-state index in [4.69, 9.17) is 18.9 Å². The van der Waals surface area contributed by atoms with E-state index in [1.807, 2.05) is 24.3 Å². The van der Waals surface area contributed by atoms with Crippen molar-refractivity contribution in [2.45, 2.75) is 44.4 Å². The molecule has 3 aromatic rings. The predicted octanol–water partition coefficient (Wildman–Crippen LogP) is 2.68. The van der Waals surface area contributed by atoms with Gasteiger partial charge < -0.3 is 29.2 Å². The molecular formula is C25H25NO8. The third-order valence-corrected chi connectivity index (χ3v) is 5.46. The van der Waals surface area contributed by atoms with Gasteiger partial charge in [-0.15, -0.1) is 0 Å². The first kappa shape index (κ1) is 23.6. The van der Waals surface area contributed by atoms with Gasteiger partial charge in [-0.25, -0.2) is 0 Å². The van der Waals surface area contributed by atoms with Crippen molar-refractivity contribution < 1.29 is 38.7 Å². The van der Waals surface area contributed by atoms with Gasteiger partial charge in [-0.2, -0.15) is 0 Å². The zero-order valence-corrected chi connectivity index (χ0v) is 18.7. The van der Waals surface area contributed by atoms with Gasteiger partial charge in [0.05, 0.1) is 5.52 Å². The second kappa shape index (κ2) is 10.2. The van der Waals surface area contributed by atoms with E-state index in [1.54, 1.807) is 36.5 Å². The highest BCUT2D eigenvalue weighted by Gasteiger charge is 2.47. The number of nitrogens with zero attached hydrogens (tertiary/aromatic N) is 1. The number of aromatic nitrogens is 1. The summed E-state index contributed by atoms with van der Waals surface area (Å²) >= 11 is 0. The van der Waals surface area contributed by atoms with E-state index in [0.29, 0.717) is 17.1 Å². The average molecular weight is 467 g/mol. The molecule has 178 valence electrons. The predicted molar refractivity (Wildman–Crippen MR) is 120 cm³/mol. The van der Waals surface area contributed by atoms with E-state index in [9.17, 15) is 19.8 Å². The Morgan fingerprint density at radius 3 is 2.56 bits per heavy atom. The van der Waals surface area contributed by atoms with Gasteiger partial charge in [-0.05, 0) is 35.9 Å². The minimum atomic E-state index is -1.46. The lowest BCUT2D eigenvalue weighted by Gasteiger charge is -2.42. The summed E-state index contributed by atoms with van der Waals surface area (Å²) in [7, 11) is 0. The van der Waals surface area contributed by atoms with Crippen molar-refractivity contribution in [3.05, 3.63) is 66.4 Å². The number of ether oxygens (including phenoxy) is 4. The molecule has 4 rings (SSSR count). The maximum Gasteiger partial charge on any atom is 0.303 e. The first-order valence-corrected chi connectivity index (χ1v) is 10.8. The van der Waals surface area contributed by atoms with Crippen LogP contribution in [0.15, 0.2) is 60.8 Å². The molecule has 9 nitrogen and oxygen atoms in total. The van der Waals surface area contributed by atoms with E-state index in [2.05, 4.69) is 4.98 Å². The van der Waals surface area contributed by atoms with Crippen molar-refractivity contribution in [2.24, 2.45) is 0 Å². The number of rotatable bonds is 6. The third kappa shape index (κ3) is 5.17. The molecule has 2 heterocycles. The molecule has 0 saturated carbocycles. The molecule has 5 unspecified atom stereocenters. The maximum absolute atomic E-state index is 11.5. The molecule has 5 atom stereocenters. The summed E-state index contributed by atoms with van der Waals surface area (Å²) in [6.45, 7) is 2.15. The van der Waals surface area contributed by atoms with E-state index in [1.165, 1.54) is 13.8 Å². The molecule has 9 heteroatoms. The highest BCUT2D eigenvalue weighted by Crippen LogP contribution is 2.36. The molecule has 0 amide bonds. The van der Waals surface area contributed by atoms with Gasteiger partial charge >= 0.3 is 11.9 Å². The number of para-hydroxylation sites is 1. The zero-order valence-electron chi connectivity index (χ0n) is 18.7. The fraction of sp³-hybridized carbons (Fsp3) is 0.320. The van der Waals surface area contributed by atoms with Gasteiger partial charge in [0.25, 0.3) is 0 Å². The summed E-state index contributed by atoms with van der Waals surface area (Å²) in [5.74, 6) is -0.123. The smallest absolute Gasteiger partial charge is 0.303 e. The van der Waals surface area contributed by atoms with Crippen LogP contribution in [0.1, 0.15) is 25.5 Å². The van der Waals surface area contributed by atoms with Crippen molar-refractivity contribution in [3.63, 3.8) is 0 Å². The first-order chi connectivity index (χ1) is 16.3. The van der Waals surface area contributed by atoms with Crippen LogP contribution in [0.2, 0.25) is 0 Å². The van der Waals surface area contributed by atoms with Crippen molar-refractivity contribution in [1.82, 2.24) is 4.98 Å². The molecule has 1 fully saturated rings. The van der Waals surface area contributed by atoms with Crippen LogP contribution in [0.25, 0.3) is 10.9 Å². The molecule has 1 aliphatic heterocycles. The fourth-order valence-electron chi connectivity index (χ4n) is 3.93. The fourth-order valence-corrected chi connectivity index (χ4v) is 3.93. The molecule has 1 aromatic heterocycles. The molecule has 0 radical (unpaired) electrons. The maximum atomic E-state index is 11.5. The second-order valence-corrected chi connectivity index (χ2v) is 7.95. The summed E-state index contributed by atoms with van der Waals surface area (Å²) in [6, 6.07) is 16.2. The molecule has 0 bridgehead atoms. The number of aliphatic hydroxyl groups excluding tert-OH is 2. The lowest BCUT2D eigenvalue weighted by Crippen LogP contribution is -2.57. The highest BCUT2D eigenvalue weighted by molar-refractivity contribution is 5.84. The SMILES string of the molecule is CC(=O)OCC1OC(c2cccc(Oc3ccnc4ccccc34)c2)C(O)C(O)C1OC(C)=O. The van der Waals surface area contributed by atoms with Gasteiger partial charge in [0.2, 0.25) is 0 Å². The van der Waals surface area contributed by atoms with Crippen LogP contribution in [-0.4, -0.2) is 58.2 Å². The number of fused-ring (bicyclic) bond motifs is 1. The minimum absolute atomic E-state index is 0.257. The number of pyridine rings is 1. The van der Waals surface area contributed by atoms with Crippen molar-refractivity contribution in [3.8, 4) is 11.5 Å². The quantitative estimate of drug-likeness (QED) is 0.527. The first-order valence-electron chi connectivity index (χ1n) is 10.8. The monoisotopic (exact) mass is 467 g/mol. The summed E-state index contributed by atoms with van der Waals surface area (Å²) in [4.78, 5) is 27.1. The number of esters is 2. The molecule has 0 spiro atoms. The van der Waals surface area contributed by atoms with Crippen molar-refractivity contribution in [2.75, 3.05) is 6.61 Å². The van der Waals surface area contributed by atoms with Crippen molar-refractivity contribution in [1.29, 1.82) is 0 Å². The van der Waals surface area contributed by atoms with Gasteiger partial charge in [0.15, 0.2) is 6.10 Å². The Morgan fingerprint density at radius 2 is 1.79 bits per heavy atom. The molecule has 2 aromatic carbocycles. The van der Waals surface area contributed by atoms with E-state index < -0.39 is 42.5 Å². The minimum Gasteiger partial charge on any atom is -0.463 e. The average Bonchev–Trinajstić information content (AvgIpc) is 2.82. The van der Waals surface area contributed by atoms with E-state index in [0.717, 1.165) is 10.9 Å². The molecule has 34 heavy (non-hydrogen) atoms. The Kier molecular flexibility index (Phi) is 7.06. The Balaban J connectivity index is 1.60. The van der Waals surface area contributed by atoms with Crippen LogP contribution in [-0.2, 0) is 23.8 Å². The highest BCUT2D eigenvalue weighted by atomic mass is 16.6. The number of aliphatic hydroxyl groups is 2. The topological polar surface area (TPSA) is 124 Å². The van der Waals surface area contributed by atoms with Crippen LogP contribution < -0.4 is 4.74 Å². The molecular weight excluding hydrogens is 442 g/mol. The number of carbonyl (C=O) groups is 2. The Labute approximate surface area is 195 Å². The Hall–Kier alpha value is -3.53. The van der Waals surface area contributed by atoms with Gasteiger partial charge in [0, 0.05) is 25.4 Å². The standard InChI is InChI=1S/C25H25NO8/c1-14(27)31-13-21-25(32-15(2)28)23(30)22(29)24(34-21)16-6-5-7-17(12-16)33-20-10-11-26-19-9-4-3-8-18(19)20/h3-12,21-25,29-30H,13H2,1-2H3. The van der Waals surface area contributed by atoms with Crippen LogP contribution in [0.3, 0.4) is 0 Å². The van der Waals surface area contributed by atoms with Crippen LogP contribution in [0.5, 0.6) is 11.5 Å². The summed E-state index contributed by atoms with van der Waals surface area (Å²) in [5, 5.41) is 22.3. The van der Waals surface area contributed by atoms with Crippen LogP contribution in [0.4, 0.5) is 0 Å². The number of hydrogen-bond acceptors (Lipinski definition) is 9. The Bertz CT molecular complexity index is 1180. The number of hydrogen-bond donors (Lipinski definition) is 2. The number of benzene rings is 2. The molecule has 1 aliphatic rings. The van der Waals surface area contributed by atoms with E-state index >= 15 is 0 Å². The summed E-state index contributed by atoms with van der Waals surface area (Å²) in [6.07, 6.45) is -4.39. The molecule has 2 N–H and O–H groups in total. The lowest BCUT2D eigenvalue weighted by atomic mass is 9.91. The summed E-state index contributed by atoms with van der Waals surface area (Å²) < 4.78 is 22.2. The normalized spacial score (nSPS) is 24.4. The molecule has 1 saturated heterocycles. The van der Waals surface area contributed by atoms with Gasteiger partial charge in [0.1, 0.15) is 42.5 Å². The largest absolute Gasteiger partial charge is 0.463 e. The van der Waals surface area contributed by atoms with Gasteiger partial charge in [-0.1, -0.05) is 24.3 Å². The van der Waals surface area contributed by atoms with E-state index in [-0.39, 0.29) is 6.61 Å². The number of carbonyl (C=O) groups excluding carboxylic acids is 2. The van der Waals surface area contributed by atoms with Gasteiger partial charge in [-0.3, -0.25) is 14.6 Å². The lowest BCUT2D eigenvalue weighted by molar-refractivity contribution is -0.242. The Morgan fingerprint density at radius 1 is 1.00 bits per heavy atom.